The van der Waals surface area contributed by atoms with Gasteiger partial charge >= 0.3 is 0 Å². The summed E-state index contributed by atoms with van der Waals surface area (Å²) in [6, 6.07) is 0.684. The van der Waals surface area contributed by atoms with Crippen molar-refractivity contribution in [2.24, 2.45) is 11.8 Å². The fraction of sp³-hybridized carbons (Fsp3) is 1.00. The Balaban J connectivity index is 1.81. The van der Waals surface area contributed by atoms with Gasteiger partial charge in [0.1, 0.15) is 0 Å². The summed E-state index contributed by atoms with van der Waals surface area (Å²) in [6.07, 6.45) is 5.73. The van der Waals surface area contributed by atoms with Crippen molar-refractivity contribution in [3.05, 3.63) is 0 Å². The molecular weight excluding hydrogens is 184 g/mol. The third-order valence-corrected chi connectivity index (χ3v) is 4.21. The van der Waals surface area contributed by atoms with E-state index < -0.39 is 0 Å². The normalized spacial score (nSPS) is 39.2. The molecule has 2 fully saturated rings. The molecule has 2 rings (SSSR count). The third-order valence-electron chi connectivity index (χ3n) is 4.21. The summed E-state index contributed by atoms with van der Waals surface area (Å²) < 4.78 is 0. The zero-order chi connectivity index (χ0) is 10.7. The van der Waals surface area contributed by atoms with E-state index in [1.807, 2.05) is 0 Å². The lowest BCUT2D eigenvalue weighted by Crippen LogP contribution is -2.38. The van der Waals surface area contributed by atoms with Gasteiger partial charge in [0, 0.05) is 19.1 Å². The molecule has 2 nitrogen and oxygen atoms in total. The first-order valence-corrected chi connectivity index (χ1v) is 6.71. The van der Waals surface area contributed by atoms with Crippen molar-refractivity contribution in [2.75, 3.05) is 26.2 Å². The van der Waals surface area contributed by atoms with Gasteiger partial charge in [0.25, 0.3) is 0 Å². The Hall–Kier alpha value is -0.0800. The summed E-state index contributed by atoms with van der Waals surface area (Å²) in [5, 5.41) is 3.57. The van der Waals surface area contributed by atoms with Crippen molar-refractivity contribution in [1.29, 1.82) is 0 Å². The van der Waals surface area contributed by atoms with E-state index in [0.717, 1.165) is 11.8 Å². The van der Waals surface area contributed by atoms with E-state index in [4.69, 9.17) is 0 Å². The van der Waals surface area contributed by atoms with Gasteiger partial charge in [-0.25, -0.2) is 0 Å². The molecule has 0 amide bonds. The molecule has 0 spiro atoms. The Morgan fingerprint density at radius 2 is 2.07 bits per heavy atom. The highest BCUT2D eigenvalue weighted by atomic mass is 15.2. The first-order chi connectivity index (χ1) is 7.25. The predicted octanol–water partition coefficient (Wildman–Crippen LogP) is 2.11. The van der Waals surface area contributed by atoms with Crippen LogP contribution in [0.2, 0.25) is 0 Å². The fourth-order valence-corrected chi connectivity index (χ4v) is 3.19. The average Bonchev–Trinajstić information content (AvgIpc) is 2.48. The zero-order valence-electron chi connectivity index (χ0n) is 10.3. The molecule has 3 atom stereocenters. The van der Waals surface area contributed by atoms with Crippen LogP contribution >= 0.6 is 0 Å². The van der Waals surface area contributed by atoms with Gasteiger partial charge < -0.3 is 10.2 Å². The van der Waals surface area contributed by atoms with E-state index >= 15 is 0 Å². The van der Waals surface area contributed by atoms with Crippen molar-refractivity contribution in [2.45, 2.75) is 45.6 Å². The maximum Gasteiger partial charge on any atom is 0.0166 e. The summed E-state index contributed by atoms with van der Waals surface area (Å²) in [7, 11) is 0. The second kappa shape index (κ2) is 5.31. The Morgan fingerprint density at radius 3 is 2.80 bits per heavy atom. The molecule has 1 heterocycles. The van der Waals surface area contributed by atoms with Crippen LogP contribution in [0.3, 0.4) is 0 Å². The smallest absolute Gasteiger partial charge is 0.0166 e. The number of nitrogens with zero attached hydrogens (tertiary/aromatic N) is 1. The van der Waals surface area contributed by atoms with Gasteiger partial charge in [0.05, 0.1) is 0 Å². The lowest BCUT2D eigenvalue weighted by Gasteiger charge is -2.27. The molecule has 1 aliphatic carbocycles. The van der Waals surface area contributed by atoms with Crippen LogP contribution < -0.4 is 5.32 Å². The van der Waals surface area contributed by atoms with Crippen LogP contribution in [-0.2, 0) is 0 Å². The maximum atomic E-state index is 3.57. The van der Waals surface area contributed by atoms with Crippen molar-refractivity contribution in [1.82, 2.24) is 10.2 Å². The molecule has 0 aromatic heterocycles. The average molecular weight is 210 g/mol. The molecule has 88 valence electrons. The minimum Gasteiger partial charge on any atom is -0.313 e. The molecule has 0 aromatic carbocycles. The summed E-state index contributed by atoms with van der Waals surface area (Å²) >= 11 is 0. The van der Waals surface area contributed by atoms with Gasteiger partial charge in [-0.2, -0.15) is 0 Å². The monoisotopic (exact) mass is 210 g/mol. The molecular formula is C13H26N2. The minimum absolute atomic E-state index is 0.684. The standard InChI is InChI=1S/C13H26N2/c1-11-5-3-6-13(11)10-15-8-4-7-14-12(2)9-15/h11-14H,3-10H2,1-2H3. The molecule has 2 aliphatic rings. The van der Waals surface area contributed by atoms with E-state index in [1.54, 1.807) is 0 Å². The van der Waals surface area contributed by atoms with E-state index in [-0.39, 0.29) is 0 Å². The molecule has 15 heavy (non-hydrogen) atoms. The lowest BCUT2D eigenvalue weighted by molar-refractivity contribution is 0.210. The number of hydrogen-bond donors (Lipinski definition) is 1. The van der Waals surface area contributed by atoms with Crippen LogP contribution in [-0.4, -0.2) is 37.1 Å². The number of hydrogen-bond acceptors (Lipinski definition) is 2. The van der Waals surface area contributed by atoms with Gasteiger partial charge in [0.15, 0.2) is 0 Å². The summed E-state index contributed by atoms with van der Waals surface area (Å²) in [4.78, 5) is 2.69. The van der Waals surface area contributed by atoms with Gasteiger partial charge in [-0.3, -0.25) is 0 Å². The van der Waals surface area contributed by atoms with Gasteiger partial charge in [-0.1, -0.05) is 19.8 Å². The van der Waals surface area contributed by atoms with Crippen LogP contribution in [0.1, 0.15) is 39.5 Å². The van der Waals surface area contributed by atoms with Crippen molar-refractivity contribution < 1.29 is 0 Å². The highest BCUT2D eigenvalue weighted by Crippen LogP contribution is 2.31. The van der Waals surface area contributed by atoms with E-state index in [9.17, 15) is 0 Å². The molecule has 0 radical (unpaired) electrons. The summed E-state index contributed by atoms with van der Waals surface area (Å²) in [5.41, 5.74) is 0. The molecule has 1 N–H and O–H groups in total. The SMILES string of the molecule is CC1CN(CC2CCCC2C)CCCN1. The Labute approximate surface area is 94.4 Å². The fourth-order valence-electron chi connectivity index (χ4n) is 3.19. The van der Waals surface area contributed by atoms with Crippen LogP contribution in [0.4, 0.5) is 0 Å². The second-order valence-corrected chi connectivity index (χ2v) is 5.64. The highest BCUT2D eigenvalue weighted by molar-refractivity contribution is 4.80. The molecule has 0 bridgehead atoms. The van der Waals surface area contributed by atoms with E-state index in [0.29, 0.717) is 6.04 Å². The Kier molecular flexibility index (Phi) is 4.04. The topological polar surface area (TPSA) is 15.3 Å². The summed E-state index contributed by atoms with van der Waals surface area (Å²) in [5.74, 6) is 1.95. The van der Waals surface area contributed by atoms with Crippen LogP contribution in [0.15, 0.2) is 0 Å². The second-order valence-electron chi connectivity index (χ2n) is 5.64. The molecule has 2 heteroatoms. The zero-order valence-corrected chi connectivity index (χ0v) is 10.3. The summed E-state index contributed by atoms with van der Waals surface area (Å²) in [6.45, 7) is 9.88. The lowest BCUT2D eigenvalue weighted by atomic mass is 9.97. The van der Waals surface area contributed by atoms with E-state index in [1.165, 1.54) is 51.9 Å². The van der Waals surface area contributed by atoms with Gasteiger partial charge in [-0.05, 0) is 44.7 Å². The predicted molar refractivity (Wildman–Crippen MR) is 65.0 cm³/mol. The number of nitrogens with one attached hydrogen (secondary N) is 1. The minimum atomic E-state index is 0.684. The third kappa shape index (κ3) is 3.18. The maximum absolute atomic E-state index is 3.57. The Morgan fingerprint density at radius 1 is 1.20 bits per heavy atom. The van der Waals surface area contributed by atoms with Crippen LogP contribution in [0.5, 0.6) is 0 Å². The molecule has 0 aromatic rings. The number of rotatable bonds is 2. The molecule has 3 unspecified atom stereocenters. The van der Waals surface area contributed by atoms with E-state index in [2.05, 4.69) is 24.1 Å². The molecule has 1 saturated carbocycles. The Bertz CT molecular complexity index is 193. The highest BCUT2D eigenvalue weighted by Gasteiger charge is 2.26. The molecule has 1 aliphatic heterocycles. The first kappa shape index (κ1) is 11.4. The van der Waals surface area contributed by atoms with Crippen molar-refractivity contribution in [3.63, 3.8) is 0 Å². The van der Waals surface area contributed by atoms with Crippen LogP contribution in [0, 0.1) is 11.8 Å². The van der Waals surface area contributed by atoms with Gasteiger partial charge in [0.2, 0.25) is 0 Å². The first-order valence-electron chi connectivity index (χ1n) is 6.71. The van der Waals surface area contributed by atoms with Crippen molar-refractivity contribution in [3.8, 4) is 0 Å². The van der Waals surface area contributed by atoms with Crippen molar-refractivity contribution >= 4 is 0 Å². The largest absolute Gasteiger partial charge is 0.313 e. The van der Waals surface area contributed by atoms with Gasteiger partial charge in [-0.15, -0.1) is 0 Å². The van der Waals surface area contributed by atoms with Crippen LogP contribution in [0.25, 0.3) is 0 Å². The molecule has 1 saturated heterocycles. The quantitative estimate of drug-likeness (QED) is 0.751.